The minimum absolute atomic E-state index is 0.0579. The fourth-order valence-electron chi connectivity index (χ4n) is 3.47. The van der Waals surface area contributed by atoms with E-state index in [0.29, 0.717) is 13.2 Å². The van der Waals surface area contributed by atoms with E-state index in [1.54, 1.807) is 7.11 Å². The van der Waals surface area contributed by atoms with Crippen molar-refractivity contribution in [1.29, 1.82) is 0 Å². The summed E-state index contributed by atoms with van der Waals surface area (Å²) in [4.78, 5) is 14.7. The van der Waals surface area contributed by atoms with Crippen molar-refractivity contribution in [3.8, 4) is 5.75 Å². The fraction of sp³-hybridized carbons (Fsp3) is 0.632. The van der Waals surface area contributed by atoms with Crippen LogP contribution in [-0.2, 0) is 20.9 Å². The zero-order valence-electron chi connectivity index (χ0n) is 15.4. The number of morpholine rings is 1. The van der Waals surface area contributed by atoms with Crippen molar-refractivity contribution in [3.05, 3.63) is 29.8 Å². The Labute approximate surface area is 159 Å². The Kier molecular flexibility index (Phi) is 7.19. The maximum Gasteiger partial charge on any atom is 0.246 e. The van der Waals surface area contributed by atoms with E-state index in [1.165, 1.54) is 0 Å². The summed E-state index contributed by atoms with van der Waals surface area (Å²) in [5.74, 6) is 2.96. The number of thioether (sulfide) groups is 1. The second-order valence-corrected chi connectivity index (χ2v) is 7.85. The van der Waals surface area contributed by atoms with Gasteiger partial charge in [-0.25, -0.2) is 0 Å². The molecule has 0 radical (unpaired) electrons. The van der Waals surface area contributed by atoms with Crippen molar-refractivity contribution in [1.82, 2.24) is 10.2 Å². The summed E-state index contributed by atoms with van der Waals surface area (Å²) in [5.41, 5.74) is 1.06. The second kappa shape index (κ2) is 9.60. The molecule has 1 unspecified atom stereocenters. The smallest absolute Gasteiger partial charge is 0.246 e. The number of hydrogen-bond acceptors (Lipinski definition) is 6. The molecule has 2 aliphatic heterocycles. The van der Waals surface area contributed by atoms with E-state index in [4.69, 9.17) is 14.2 Å². The van der Waals surface area contributed by atoms with E-state index in [1.807, 2.05) is 36.0 Å². The SMILES string of the molecule is COc1cccc(COCC(=O)NCC2(N3CCOCC3)CCSC2)c1. The van der Waals surface area contributed by atoms with E-state index in [2.05, 4.69) is 10.2 Å². The molecule has 1 N–H and O–H groups in total. The van der Waals surface area contributed by atoms with Crippen LogP contribution in [0.2, 0.25) is 0 Å². The Bertz CT molecular complexity index is 587. The number of benzene rings is 1. The average Bonchev–Trinajstić information content (AvgIpc) is 3.17. The number of ether oxygens (including phenoxy) is 3. The molecular weight excluding hydrogens is 352 g/mol. The van der Waals surface area contributed by atoms with Crippen molar-refractivity contribution in [3.63, 3.8) is 0 Å². The molecule has 1 atom stereocenters. The minimum Gasteiger partial charge on any atom is -0.497 e. The van der Waals surface area contributed by atoms with E-state index < -0.39 is 0 Å². The molecule has 1 amide bonds. The monoisotopic (exact) mass is 380 g/mol. The summed E-state index contributed by atoms with van der Waals surface area (Å²) >= 11 is 1.97. The van der Waals surface area contributed by atoms with Crippen molar-refractivity contribution < 1.29 is 19.0 Å². The predicted molar refractivity (Wildman–Crippen MR) is 103 cm³/mol. The van der Waals surface area contributed by atoms with Crippen LogP contribution in [0.25, 0.3) is 0 Å². The first kappa shape index (κ1) is 19.5. The number of methoxy groups -OCH3 is 1. The summed E-state index contributed by atoms with van der Waals surface area (Å²) in [7, 11) is 1.64. The van der Waals surface area contributed by atoms with Crippen molar-refractivity contribution >= 4 is 17.7 Å². The molecule has 0 spiro atoms. The van der Waals surface area contributed by atoms with E-state index in [9.17, 15) is 4.79 Å². The number of amides is 1. The number of nitrogens with zero attached hydrogens (tertiary/aromatic N) is 1. The Morgan fingerprint density at radius 2 is 2.23 bits per heavy atom. The van der Waals surface area contributed by atoms with Gasteiger partial charge in [-0.3, -0.25) is 9.69 Å². The van der Waals surface area contributed by atoms with Gasteiger partial charge in [0.2, 0.25) is 5.91 Å². The molecule has 2 saturated heterocycles. The molecule has 26 heavy (non-hydrogen) atoms. The van der Waals surface area contributed by atoms with Gasteiger partial charge in [0.05, 0.1) is 26.9 Å². The molecule has 2 heterocycles. The summed E-state index contributed by atoms with van der Waals surface area (Å²) in [5, 5.41) is 3.09. The Hall–Kier alpha value is -1.28. The van der Waals surface area contributed by atoms with Gasteiger partial charge in [-0.05, 0) is 29.9 Å². The van der Waals surface area contributed by atoms with Crippen LogP contribution in [0.4, 0.5) is 0 Å². The lowest BCUT2D eigenvalue weighted by Crippen LogP contribution is -2.59. The standard InChI is InChI=1S/C19H28N2O4S/c1-23-17-4-2-3-16(11-17)12-25-13-18(22)20-14-19(5-10-26-15-19)21-6-8-24-9-7-21/h2-4,11H,5-10,12-15H2,1H3,(H,20,22). The third kappa shape index (κ3) is 5.13. The highest BCUT2D eigenvalue weighted by Crippen LogP contribution is 2.33. The Morgan fingerprint density at radius 1 is 1.38 bits per heavy atom. The van der Waals surface area contributed by atoms with Gasteiger partial charge in [0, 0.05) is 30.9 Å². The zero-order valence-corrected chi connectivity index (χ0v) is 16.2. The maximum absolute atomic E-state index is 12.2. The second-order valence-electron chi connectivity index (χ2n) is 6.75. The molecule has 1 aromatic carbocycles. The summed E-state index contributed by atoms with van der Waals surface area (Å²) in [6, 6.07) is 7.69. The third-order valence-electron chi connectivity index (χ3n) is 5.02. The summed E-state index contributed by atoms with van der Waals surface area (Å²) in [6.07, 6.45) is 1.11. The van der Waals surface area contributed by atoms with Crippen LogP contribution in [0, 0.1) is 0 Å². The van der Waals surface area contributed by atoms with E-state index >= 15 is 0 Å². The van der Waals surface area contributed by atoms with Crippen LogP contribution >= 0.6 is 11.8 Å². The van der Waals surface area contributed by atoms with Gasteiger partial charge < -0.3 is 19.5 Å². The van der Waals surface area contributed by atoms with Gasteiger partial charge in [-0.2, -0.15) is 11.8 Å². The maximum atomic E-state index is 12.2. The lowest BCUT2D eigenvalue weighted by atomic mass is 9.95. The van der Waals surface area contributed by atoms with Crippen molar-refractivity contribution in [2.75, 3.05) is 58.1 Å². The van der Waals surface area contributed by atoms with Gasteiger partial charge in [0.25, 0.3) is 0 Å². The lowest BCUT2D eigenvalue weighted by molar-refractivity contribution is -0.126. The highest BCUT2D eigenvalue weighted by molar-refractivity contribution is 7.99. The largest absolute Gasteiger partial charge is 0.497 e. The number of hydrogen-bond donors (Lipinski definition) is 1. The van der Waals surface area contributed by atoms with Gasteiger partial charge in [-0.1, -0.05) is 12.1 Å². The van der Waals surface area contributed by atoms with Gasteiger partial charge >= 0.3 is 0 Å². The molecule has 144 valence electrons. The number of carbonyl (C=O) groups excluding carboxylic acids is 1. The number of rotatable bonds is 8. The normalized spacial score (nSPS) is 23.7. The van der Waals surface area contributed by atoms with Crippen LogP contribution in [0.15, 0.2) is 24.3 Å². The van der Waals surface area contributed by atoms with Gasteiger partial charge in [0.15, 0.2) is 0 Å². The number of nitrogens with one attached hydrogen (secondary N) is 1. The molecule has 0 aromatic heterocycles. The minimum atomic E-state index is -0.0579. The molecule has 0 aliphatic carbocycles. The first-order valence-corrected chi connectivity index (χ1v) is 10.3. The van der Waals surface area contributed by atoms with Crippen LogP contribution < -0.4 is 10.1 Å². The van der Waals surface area contributed by atoms with Crippen LogP contribution in [0.1, 0.15) is 12.0 Å². The predicted octanol–water partition coefficient (Wildman–Crippen LogP) is 1.54. The quantitative estimate of drug-likeness (QED) is 0.738. The highest BCUT2D eigenvalue weighted by atomic mass is 32.2. The van der Waals surface area contributed by atoms with E-state index in [0.717, 1.165) is 55.5 Å². The van der Waals surface area contributed by atoms with E-state index in [-0.39, 0.29) is 18.1 Å². The molecule has 1 aromatic rings. The molecule has 0 bridgehead atoms. The molecule has 2 aliphatic rings. The van der Waals surface area contributed by atoms with Crippen molar-refractivity contribution in [2.45, 2.75) is 18.6 Å². The topological polar surface area (TPSA) is 60.0 Å². The van der Waals surface area contributed by atoms with Gasteiger partial charge in [-0.15, -0.1) is 0 Å². The first-order chi connectivity index (χ1) is 12.7. The molecule has 3 rings (SSSR count). The summed E-state index contributed by atoms with van der Waals surface area (Å²) < 4.78 is 16.2. The summed E-state index contributed by atoms with van der Waals surface area (Å²) in [6.45, 7) is 4.61. The fourth-order valence-corrected chi connectivity index (χ4v) is 4.95. The molecule has 0 saturated carbocycles. The van der Waals surface area contributed by atoms with Crippen LogP contribution in [0.3, 0.4) is 0 Å². The molecule has 6 nitrogen and oxygen atoms in total. The number of carbonyl (C=O) groups is 1. The van der Waals surface area contributed by atoms with Gasteiger partial charge in [0.1, 0.15) is 12.4 Å². The van der Waals surface area contributed by atoms with Crippen LogP contribution in [0.5, 0.6) is 5.75 Å². The highest BCUT2D eigenvalue weighted by Gasteiger charge is 2.40. The molecule has 7 heteroatoms. The molecular formula is C19H28N2O4S. The lowest BCUT2D eigenvalue weighted by Gasteiger charge is -2.43. The van der Waals surface area contributed by atoms with Crippen LogP contribution in [-0.4, -0.2) is 74.4 Å². The molecule has 2 fully saturated rings. The zero-order chi connectivity index (χ0) is 18.2. The third-order valence-corrected chi connectivity index (χ3v) is 6.25. The first-order valence-electron chi connectivity index (χ1n) is 9.10. The Morgan fingerprint density at radius 3 is 2.96 bits per heavy atom. The Balaban J connectivity index is 1.43. The van der Waals surface area contributed by atoms with Crippen molar-refractivity contribution in [2.24, 2.45) is 0 Å². The average molecular weight is 381 g/mol.